The summed E-state index contributed by atoms with van der Waals surface area (Å²) in [5, 5.41) is 6.05. The Morgan fingerprint density at radius 1 is 0.632 bits per heavy atom. The number of carbonyl (C=O) groups excluding carboxylic acids is 6. The van der Waals surface area contributed by atoms with Gasteiger partial charge in [-0.1, -0.05) is 132 Å². The first-order valence-electron chi connectivity index (χ1n) is 22.2. The van der Waals surface area contributed by atoms with E-state index in [9.17, 15) is 28.8 Å². The van der Waals surface area contributed by atoms with E-state index in [2.05, 4.69) is 10.6 Å². The quantitative estimate of drug-likeness (QED) is 0.0593. The minimum Gasteiger partial charge on any atom is -0.459 e. The molecule has 2 fully saturated rings. The van der Waals surface area contributed by atoms with Crippen LogP contribution in [0.4, 0.5) is 15.3 Å². The largest absolute Gasteiger partial charge is 0.459 e. The van der Waals surface area contributed by atoms with Crippen molar-refractivity contribution in [1.82, 2.24) is 20.4 Å². The molecule has 2 saturated heterocycles. The van der Waals surface area contributed by atoms with Crippen LogP contribution in [0.1, 0.15) is 66.4 Å². The molecule has 0 radical (unpaired) electrons. The Hall–Kier alpha value is -6.74. The summed E-state index contributed by atoms with van der Waals surface area (Å²) >= 11 is 14.4. The van der Waals surface area contributed by atoms with E-state index in [1.165, 1.54) is 11.3 Å². The number of likely N-dealkylation sites (tertiary alicyclic amines) is 2. The van der Waals surface area contributed by atoms with Crippen molar-refractivity contribution in [3.63, 3.8) is 0 Å². The molecule has 2 N–H and O–H groups in total. The third-order valence-electron chi connectivity index (χ3n) is 12.3. The second-order valence-electron chi connectivity index (χ2n) is 17.0. The number of urea groups is 2. The van der Waals surface area contributed by atoms with Crippen LogP contribution in [0.25, 0.3) is 0 Å². The molecule has 0 saturated carbocycles. The molecule has 4 heterocycles. The van der Waals surface area contributed by atoms with Crippen LogP contribution in [-0.4, -0.2) is 63.7 Å². The summed E-state index contributed by atoms with van der Waals surface area (Å²) in [6.07, 6.45) is 4.05. The van der Waals surface area contributed by atoms with E-state index in [1.54, 1.807) is 44.2 Å². The molecule has 6 amide bonds. The van der Waals surface area contributed by atoms with Gasteiger partial charge in [-0.25, -0.2) is 29.0 Å². The van der Waals surface area contributed by atoms with Crippen LogP contribution in [0.3, 0.4) is 0 Å². The summed E-state index contributed by atoms with van der Waals surface area (Å²) < 4.78 is 12.0. The summed E-state index contributed by atoms with van der Waals surface area (Å²) in [6.45, 7) is 5.40. The van der Waals surface area contributed by atoms with Crippen LogP contribution in [0.2, 0.25) is 4.34 Å². The molecule has 1 aromatic heterocycles. The summed E-state index contributed by atoms with van der Waals surface area (Å²) in [5.41, 5.74) is 4.55. The van der Waals surface area contributed by atoms with Crippen molar-refractivity contribution < 1.29 is 38.2 Å². The molecule has 5 aromatic rings. The first kappa shape index (κ1) is 47.7. The predicted octanol–water partition coefficient (Wildman–Crippen LogP) is 9.63. The maximum atomic E-state index is 13.8. The van der Waals surface area contributed by atoms with Gasteiger partial charge >= 0.3 is 24.0 Å². The van der Waals surface area contributed by atoms with Gasteiger partial charge in [0.15, 0.2) is 12.1 Å². The van der Waals surface area contributed by atoms with E-state index in [0.717, 1.165) is 37.1 Å². The van der Waals surface area contributed by atoms with Gasteiger partial charge in [-0.2, -0.15) is 0 Å². The van der Waals surface area contributed by atoms with E-state index in [0.29, 0.717) is 20.6 Å². The van der Waals surface area contributed by atoms with Crippen molar-refractivity contribution >= 4 is 76.0 Å². The first-order valence-corrected chi connectivity index (χ1v) is 23.8. The normalized spacial score (nSPS) is 20.8. The lowest BCUT2D eigenvalue weighted by atomic mass is 9.81. The molecule has 350 valence electrons. The first-order chi connectivity index (χ1) is 32.8. The maximum Gasteiger partial charge on any atom is 0.330 e. The molecule has 3 aliphatic rings. The maximum absolute atomic E-state index is 13.8. The Bertz CT molecular complexity index is 2740. The van der Waals surface area contributed by atoms with Gasteiger partial charge in [0, 0.05) is 10.6 Å². The molecule has 0 bridgehead atoms. The molecule has 13 nitrogen and oxygen atoms in total. The zero-order chi connectivity index (χ0) is 48.1. The lowest BCUT2D eigenvalue weighted by Gasteiger charge is -2.44. The Labute approximate surface area is 408 Å². The number of allylic oxidation sites excluding steroid dienone is 2. The number of benzene rings is 4. The predicted molar refractivity (Wildman–Crippen MR) is 259 cm³/mol. The zero-order valence-electron chi connectivity index (χ0n) is 37.4. The van der Waals surface area contributed by atoms with Gasteiger partial charge < -0.3 is 25.0 Å². The number of carbonyl (C=O) groups is 6. The third-order valence-corrected chi connectivity index (χ3v) is 13.9. The van der Waals surface area contributed by atoms with Gasteiger partial charge in [0.25, 0.3) is 0 Å². The lowest BCUT2D eigenvalue weighted by Crippen LogP contribution is -2.69. The number of hydrogen-bond acceptors (Lipinski definition) is 10. The average Bonchev–Trinajstić information content (AvgIpc) is 3.76. The number of ether oxygens (including phenoxy) is 2. The highest BCUT2D eigenvalue weighted by atomic mass is 35.5. The van der Waals surface area contributed by atoms with Crippen molar-refractivity contribution in [2.75, 3.05) is 4.90 Å². The highest BCUT2D eigenvalue weighted by Gasteiger charge is 2.57. The fraction of sp³-hybridized carbons (Fsp3) is 0.269. The number of amides is 6. The average molecular weight is 975 g/mol. The number of thiophene rings is 1. The number of nitrogens with one attached hydrogen (secondary N) is 2. The molecule has 3 aliphatic heterocycles. The minimum absolute atomic E-state index is 0.0189. The number of nitrogens with zero attached hydrogens (tertiary/aromatic N) is 3. The molecule has 68 heavy (non-hydrogen) atoms. The van der Waals surface area contributed by atoms with E-state index < -0.39 is 71.8 Å². The highest BCUT2D eigenvalue weighted by molar-refractivity contribution is 7.16. The number of halogens is 2. The van der Waals surface area contributed by atoms with Crippen LogP contribution >= 0.6 is 34.5 Å². The minimum atomic E-state index is -1.16. The smallest absolute Gasteiger partial charge is 0.330 e. The summed E-state index contributed by atoms with van der Waals surface area (Å²) in [4.78, 5) is 86.2. The molecule has 16 heteroatoms. The Kier molecular flexibility index (Phi) is 14.8. The number of rotatable bonds is 15. The standard InChI is InChI=1S/C52H49Cl2N5O8S/c1-31-25-36(26-41-45(49(62)66-29-34-13-7-4-8-14-34)58(47(41)60)51(64)55-32(2)37-15-9-5-10-16-37)27-43(53)57(31)39-21-19-35(20-22-39)30-67-50(63)46-42(28-40-23-24-44(54)68-40)48(61)59(46)52(65)56-33(3)38-17-11-6-12-18-38/h4-25,27,31-33,41-42,45-46H,26,28-30H2,1-3H3,(H,55,64)(H,56,65)/t31-,32+,33+,41+,42+,45-,46-/m0/s1. The van der Waals surface area contributed by atoms with Crippen molar-refractivity contribution in [2.45, 2.75) is 77.0 Å². The number of esters is 2. The molecule has 8 rings (SSSR count). The van der Waals surface area contributed by atoms with Gasteiger partial charge in [0.1, 0.15) is 18.4 Å². The molecule has 0 unspecified atom stereocenters. The van der Waals surface area contributed by atoms with Gasteiger partial charge in [-0.3, -0.25) is 9.59 Å². The van der Waals surface area contributed by atoms with Crippen molar-refractivity contribution in [1.29, 1.82) is 0 Å². The van der Waals surface area contributed by atoms with Gasteiger partial charge in [0.05, 0.1) is 34.3 Å². The fourth-order valence-corrected chi connectivity index (χ4v) is 10.3. The van der Waals surface area contributed by atoms with Crippen LogP contribution in [0.5, 0.6) is 0 Å². The second-order valence-corrected chi connectivity index (χ2v) is 19.2. The Morgan fingerprint density at radius 2 is 1.10 bits per heavy atom. The van der Waals surface area contributed by atoms with Gasteiger partial charge in [0.2, 0.25) is 11.8 Å². The Morgan fingerprint density at radius 3 is 1.57 bits per heavy atom. The molecule has 0 spiro atoms. The second kappa shape index (κ2) is 21.1. The number of imide groups is 2. The number of anilines is 1. The summed E-state index contributed by atoms with van der Waals surface area (Å²) in [5.74, 6) is -4.05. The molecular weight excluding hydrogens is 926 g/mol. The summed E-state index contributed by atoms with van der Waals surface area (Å²) in [6, 6.07) is 33.7. The van der Waals surface area contributed by atoms with E-state index in [-0.39, 0.29) is 32.1 Å². The topological polar surface area (TPSA) is 155 Å². The number of β-lactam (4-membered cyclic amide) rings is 2. The van der Waals surface area contributed by atoms with Gasteiger partial charge in [-0.05, 0) is 91.8 Å². The van der Waals surface area contributed by atoms with Crippen LogP contribution in [0.15, 0.2) is 150 Å². The van der Waals surface area contributed by atoms with E-state index >= 15 is 0 Å². The van der Waals surface area contributed by atoms with E-state index in [4.69, 9.17) is 32.7 Å². The van der Waals surface area contributed by atoms with Crippen LogP contribution in [0, 0.1) is 11.8 Å². The van der Waals surface area contributed by atoms with Crippen LogP contribution < -0.4 is 15.5 Å². The van der Waals surface area contributed by atoms with Crippen molar-refractivity contribution in [3.8, 4) is 0 Å². The van der Waals surface area contributed by atoms with Crippen LogP contribution in [-0.2, 0) is 48.3 Å². The van der Waals surface area contributed by atoms with Crippen molar-refractivity contribution in [2.24, 2.45) is 11.8 Å². The lowest BCUT2D eigenvalue weighted by molar-refractivity contribution is -0.170. The number of hydrogen-bond donors (Lipinski definition) is 2. The van der Waals surface area contributed by atoms with Gasteiger partial charge in [-0.15, -0.1) is 11.3 Å². The Balaban J connectivity index is 0.908. The molecule has 7 atom stereocenters. The SMILES string of the molecule is C[C@@H](NC(=O)N1C(=O)[C@H](CC2=C[C@H](C)N(c3ccc(COC(=O)[C@@H]4[C@@H](Cc5ccc(Cl)s5)C(=O)N4C(=O)N[C@H](C)c4ccccc4)cc3)C(Cl)=C2)[C@H]1C(=O)OCc1ccccc1)c1ccccc1. The molecule has 0 aliphatic carbocycles. The van der Waals surface area contributed by atoms with Crippen molar-refractivity contribution in [3.05, 3.63) is 182 Å². The monoisotopic (exact) mass is 973 g/mol. The molecule has 4 aromatic carbocycles. The van der Waals surface area contributed by atoms with E-state index in [1.807, 2.05) is 121 Å². The summed E-state index contributed by atoms with van der Waals surface area (Å²) in [7, 11) is 0. The third kappa shape index (κ3) is 10.5. The molecular formula is C52H49Cl2N5O8S. The fourth-order valence-electron chi connectivity index (χ4n) is 8.72. The zero-order valence-corrected chi connectivity index (χ0v) is 39.7. The highest BCUT2D eigenvalue weighted by Crippen LogP contribution is 2.39.